The van der Waals surface area contributed by atoms with Crippen molar-refractivity contribution >= 4 is 41.1 Å². The van der Waals surface area contributed by atoms with Gasteiger partial charge in [0.25, 0.3) is 0 Å². The summed E-state index contributed by atoms with van der Waals surface area (Å²) in [5.74, 6) is 1.63. The van der Waals surface area contributed by atoms with Crippen LogP contribution in [0.15, 0.2) is 24.3 Å². The molecule has 1 atom stereocenters. The number of rotatable bonds is 7. The normalized spacial score (nSPS) is 25.2. The van der Waals surface area contributed by atoms with Crippen LogP contribution < -0.4 is 0 Å². The molecule has 4 rings (SSSR count). The van der Waals surface area contributed by atoms with Crippen molar-refractivity contribution in [3.05, 3.63) is 34.9 Å². The Morgan fingerprint density at radius 2 is 1.85 bits per heavy atom. The lowest BCUT2D eigenvalue weighted by Crippen LogP contribution is -2.50. The molecule has 3 aliphatic rings. The minimum absolute atomic E-state index is 0.0458. The summed E-state index contributed by atoms with van der Waals surface area (Å²) >= 11 is 8.50. The van der Waals surface area contributed by atoms with E-state index in [1.807, 2.05) is 16.7 Å². The number of halogens is 1. The van der Waals surface area contributed by atoms with Crippen LogP contribution in [0.1, 0.15) is 31.2 Å². The van der Waals surface area contributed by atoms with E-state index >= 15 is 0 Å². The van der Waals surface area contributed by atoms with Gasteiger partial charge in [-0.15, -0.1) is 0 Å². The van der Waals surface area contributed by atoms with Crippen LogP contribution in [0.5, 0.6) is 0 Å². The highest BCUT2D eigenvalue weighted by atomic mass is 35.5. The van der Waals surface area contributed by atoms with Gasteiger partial charge in [-0.3, -0.25) is 24.2 Å². The Kier molecular flexibility index (Phi) is 7.99. The maximum atomic E-state index is 13.6. The molecule has 3 amide bonds. The van der Waals surface area contributed by atoms with E-state index in [4.69, 9.17) is 16.3 Å². The van der Waals surface area contributed by atoms with Crippen molar-refractivity contribution in [3.63, 3.8) is 0 Å². The lowest BCUT2D eigenvalue weighted by atomic mass is 9.75. The molecular formula is C24H32ClN3O4S. The fourth-order valence-corrected chi connectivity index (χ4v) is 6.54. The van der Waals surface area contributed by atoms with Gasteiger partial charge < -0.3 is 9.64 Å². The maximum Gasteiger partial charge on any atom is 0.241 e. The molecule has 0 unspecified atom stereocenters. The zero-order valence-corrected chi connectivity index (χ0v) is 20.7. The molecular weight excluding hydrogens is 462 g/mol. The van der Waals surface area contributed by atoms with E-state index in [0.29, 0.717) is 29.7 Å². The van der Waals surface area contributed by atoms with Gasteiger partial charge in [0.1, 0.15) is 0 Å². The Morgan fingerprint density at radius 3 is 2.52 bits per heavy atom. The first kappa shape index (κ1) is 24.5. The average Bonchev–Trinajstić information content (AvgIpc) is 3.07. The van der Waals surface area contributed by atoms with Gasteiger partial charge in [0.15, 0.2) is 0 Å². The number of thioether (sulfide) groups is 1. The number of benzene rings is 1. The number of amides is 3. The average molecular weight is 494 g/mol. The number of carbonyl (C=O) groups excluding carboxylic acids is 3. The van der Waals surface area contributed by atoms with Crippen molar-refractivity contribution in [2.45, 2.75) is 37.1 Å². The van der Waals surface area contributed by atoms with Crippen LogP contribution in [0.25, 0.3) is 0 Å². The highest BCUT2D eigenvalue weighted by Gasteiger charge is 2.54. The summed E-state index contributed by atoms with van der Waals surface area (Å²) in [6.07, 6.45) is 1.80. The van der Waals surface area contributed by atoms with E-state index in [1.165, 1.54) is 23.5 Å². The number of imide groups is 1. The van der Waals surface area contributed by atoms with Gasteiger partial charge in [0.05, 0.1) is 18.6 Å². The number of likely N-dealkylation sites (tertiary alicyclic amines) is 2. The molecule has 0 spiro atoms. The van der Waals surface area contributed by atoms with Crippen molar-refractivity contribution < 1.29 is 19.1 Å². The Bertz CT molecular complexity index is 886. The van der Waals surface area contributed by atoms with E-state index in [1.54, 1.807) is 24.3 Å². The second kappa shape index (κ2) is 10.8. The van der Waals surface area contributed by atoms with E-state index in [9.17, 15) is 14.4 Å². The Balaban J connectivity index is 1.51. The van der Waals surface area contributed by atoms with Gasteiger partial charge in [-0.25, -0.2) is 0 Å². The number of hydrogen-bond acceptors (Lipinski definition) is 6. The summed E-state index contributed by atoms with van der Waals surface area (Å²) in [7, 11) is 1.53. The Labute approximate surface area is 204 Å². The second-order valence-electron chi connectivity index (χ2n) is 9.02. The quantitative estimate of drug-likeness (QED) is 0.543. The third-order valence-electron chi connectivity index (χ3n) is 7.15. The molecule has 0 bridgehead atoms. The molecule has 7 nitrogen and oxygen atoms in total. The highest BCUT2D eigenvalue weighted by Crippen LogP contribution is 2.43. The van der Waals surface area contributed by atoms with Crippen molar-refractivity contribution in [3.8, 4) is 0 Å². The molecule has 3 saturated heterocycles. The zero-order chi connectivity index (χ0) is 23.4. The lowest BCUT2D eigenvalue weighted by molar-refractivity contribution is -0.143. The molecule has 33 heavy (non-hydrogen) atoms. The topological polar surface area (TPSA) is 70.2 Å². The molecule has 0 N–H and O–H groups in total. The molecule has 0 aliphatic carbocycles. The van der Waals surface area contributed by atoms with E-state index in [-0.39, 0.29) is 43.7 Å². The Morgan fingerprint density at radius 1 is 1.15 bits per heavy atom. The van der Waals surface area contributed by atoms with Crippen LogP contribution in [0.2, 0.25) is 5.02 Å². The van der Waals surface area contributed by atoms with Gasteiger partial charge >= 0.3 is 0 Å². The third-order valence-corrected chi connectivity index (χ3v) is 8.42. The molecule has 9 heteroatoms. The lowest BCUT2D eigenvalue weighted by Gasteiger charge is -2.40. The molecule has 3 fully saturated rings. The largest absolute Gasteiger partial charge is 0.383 e. The van der Waals surface area contributed by atoms with Crippen LogP contribution in [-0.4, -0.2) is 96.4 Å². The first-order valence-corrected chi connectivity index (χ1v) is 13.2. The van der Waals surface area contributed by atoms with Crippen LogP contribution in [0.3, 0.4) is 0 Å². The van der Waals surface area contributed by atoms with Gasteiger partial charge in [0.2, 0.25) is 17.7 Å². The first-order chi connectivity index (χ1) is 16.0. The molecule has 3 heterocycles. The predicted octanol–water partition coefficient (Wildman–Crippen LogP) is 2.41. The van der Waals surface area contributed by atoms with Gasteiger partial charge in [-0.2, -0.15) is 11.8 Å². The van der Waals surface area contributed by atoms with Crippen molar-refractivity contribution in [2.24, 2.45) is 0 Å². The van der Waals surface area contributed by atoms with Gasteiger partial charge in [0, 0.05) is 68.7 Å². The fraction of sp³-hybridized carbons (Fsp3) is 0.625. The standard InChI is InChI=1S/C24H32ClN3O4S/c1-32-13-10-28-22(30)17-24(23(28)31,19-4-2-3-5-20(19)25)16-21(29)27-8-6-18(7-9-27)26-11-14-33-15-12-26/h2-5,18H,6-17H2,1H3/t24-/m0/s1. The molecule has 0 aromatic heterocycles. The minimum atomic E-state index is -1.26. The van der Waals surface area contributed by atoms with E-state index in [0.717, 1.165) is 25.9 Å². The van der Waals surface area contributed by atoms with Crippen LogP contribution in [0, 0.1) is 0 Å². The summed E-state index contributed by atoms with van der Waals surface area (Å²) in [6, 6.07) is 7.58. The van der Waals surface area contributed by atoms with Crippen molar-refractivity contribution in [1.29, 1.82) is 0 Å². The van der Waals surface area contributed by atoms with Crippen LogP contribution in [-0.2, 0) is 24.5 Å². The SMILES string of the molecule is COCCN1C(=O)C[C@@](CC(=O)N2CCC(N3CCSCC3)CC2)(c2ccccc2Cl)C1=O. The molecule has 180 valence electrons. The maximum absolute atomic E-state index is 13.6. The number of carbonyl (C=O) groups is 3. The predicted molar refractivity (Wildman–Crippen MR) is 129 cm³/mol. The molecule has 0 saturated carbocycles. The number of ether oxygens (including phenoxy) is 1. The molecule has 3 aliphatic heterocycles. The first-order valence-electron chi connectivity index (χ1n) is 11.6. The monoisotopic (exact) mass is 493 g/mol. The number of hydrogen-bond donors (Lipinski definition) is 0. The van der Waals surface area contributed by atoms with Gasteiger partial charge in [-0.05, 0) is 24.5 Å². The van der Waals surface area contributed by atoms with E-state index < -0.39 is 5.41 Å². The Hall–Kier alpha value is -1.61. The summed E-state index contributed by atoms with van der Waals surface area (Å²) in [4.78, 5) is 45.5. The van der Waals surface area contributed by atoms with Gasteiger partial charge in [-0.1, -0.05) is 29.8 Å². The van der Waals surface area contributed by atoms with Crippen molar-refractivity contribution in [2.75, 3.05) is 57.9 Å². The third kappa shape index (κ3) is 5.09. The van der Waals surface area contributed by atoms with E-state index in [2.05, 4.69) is 4.90 Å². The number of methoxy groups -OCH3 is 1. The summed E-state index contributed by atoms with van der Waals surface area (Å²) < 4.78 is 5.08. The van der Waals surface area contributed by atoms with Crippen LogP contribution in [0.4, 0.5) is 0 Å². The number of piperidine rings is 1. The summed E-state index contributed by atoms with van der Waals surface area (Å²) in [5.41, 5.74) is -0.708. The highest BCUT2D eigenvalue weighted by molar-refractivity contribution is 7.99. The summed E-state index contributed by atoms with van der Waals surface area (Å²) in [6.45, 7) is 4.03. The molecule has 1 aromatic carbocycles. The molecule has 0 radical (unpaired) electrons. The second-order valence-corrected chi connectivity index (χ2v) is 10.7. The smallest absolute Gasteiger partial charge is 0.241 e. The number of nitrogens with zero attached hydrogens (tertiary/aromatic N) is 3. The zero-order valence-electron chi connectivity index (χ0n) is 19.1. The minimum Gasteiger partial charge on any atom is -0.383 e. The molecule has 1 aromatic rings. The van der Waals surface area contributed by atoms with Crippen molar-refractivity contribution in [1.82, 2.24) is 14.7 Å². The van der Waals surface area contributed by atoms with Crippen LogP contribution >= 0.6 is 23.4 Å². The summed E-state index contributed by atoms with van der Waals surface area (Å²) in [5, 5.41) is 0.404. The fourth-order valence-electron chi connectivity index (χ4n) is 5.30.